The Morgan fingerprint density at radius 3 is 1.09 bits per heavy atom. The van der Waals surface area contributed by atoms with Gasteiger partial charge in [-0.05, 0) is 112 Å². The Morgan fingerprint density at radius 1 is 0.432 bits per heavy atom. The fraction of sp³-hybridized carbons (Fsp3) is 0.650. The topological polar surface area (TPSA) is 58.2 Å². The minimum Gasteiger partial charge on any atom is -0.349 e. The molecule has 0 aliphatic heterocycles. The number of hydrogen-bond donors (Lipinski definition) is 2. The van der Waals surface area contributed by atoms with E-state index in [4.69, 9.17) is 0 Å². The van der Waals surface area contributed by atoms with Crippen molar-refractivity contribution >= 4 is 11.8 Å². The molecule has 0 spiro atoms. The Bertz CT molecular complexity index is 1000. The second-order valence-electron chi connectivity index (χ2n) is 14.6. The van der Waals surface area contributed by atoms with E-state index in [2.05, 4.69) is 10.6 Å². The molecule has 2 aromatic rings. The average molecular weight is 599 g/mol. The number of rotatable bonds is 8. The largest absolute Gasteiger partial charge is 0.349 e. The molecule has 0 radical (unpaired) electrons. The summed E-state index contributed by atoms with van der Waals surface area (Å²) in [6.07, 6.45) is 27.3. The highest BCUT2D eigenvalue weighted by Crippen LogP contribution is 2.36. The molecular weight excluding hydrogens is 540 g/mol. The molecule has 0 atom stereocenters. The first-order valence-corrected chi connectivity index (χ1v) is 18.3. The van der Waals surface area contributed by atoms with E-state index in [-0.39, 0.29) is 11.8 Å². The van der Waals surface area contributed by atoms with Gasteiger partial charge in [-0.25, -0.2) is 0 Å². The van der Waals surface area contributed by atoms with Crippen LogP contribution in [0.1, 0.15) is 149 Å². The molecule has 4 fully saturated rings. The van der Waals surface area contributed by atoms with Crippen molar-refractivity contribution in [2.24, 2.45) is 23.7 Å². The molecule has 4 nitrogen and oxygen atoms in total. The summed E-state index contributed by atoms with van der Waals surface area (Å²) in [4.78, 5) is 24.4. The summed E-state index contributed by atoms with van der Waals surface area (Å²) in [6.45, 7) is 0. The maximum Gasteiger partial charge on any atom is 0.251 e. The molecule has 4 saturated carbocycles. The Hall–Kier alpha value is -2.62. The zero-order valence-electron chi connectivity index (χ0n) is 27.2. The normalized spacial score (nSPS) is 26.5. The minimum atomic E-state index is 0.0938. The number of carbonyl (C=O) groups is 2. The van der Waals surface area contributed by atoms with Gasteiger partial charge in [0.25, 0.3) is 11.8 Å². The van der Waals surface area contributed by atoms with Crippen molar-refractivity contribution in [3.05, 3.63) is 71.8 Å². The third-order valence-electron chi connectivity index (χ3n) is 11.2. The van der Waals surface area contributed by atoms with Crippen molar-refractivity contribution in [1.82, 2.24) is 10.6 Å². The molecule has 0 unspecified atom stereocenters. The molecule has 0 bridgehead atoms. The van der Waals surface area contributed by atoms with Gasteiger partial charge in [0.15, 0.2) is 0 Å². The third kappa shape index (κ3) is 10.8. The second-order valence-corrected chi connectivity index (χ2v) is 14.6. The summed E-state index contributed by atoms with van der Waals surface area (Å²) in [5.74, 6) is 4.00. The molecular formula is C40H58N2O2. The number of hydrogen-bond acceptors (Lipinski definition) is 2. The molecule has 240 valence electrons. The summed E-state index contributed by atoms with van der Waals surface area (Å²) in [6, 6.07) is 20.0. The summed E-state index contributed by atoms with van der Waals surface area (Å²) in [5.41, 5.74) is 1.57. The van der Waals surface area contributed by atoms with Gasteiger partial charge in [0.05, 0.1) is 0 Å². The zero-order chi connectivity index (χ0) is 30.4. The van der Waals surface area contributed by atoms with Crippen LogP contribution in [0.5, 0.6) is 0 Å². The quantitative estimate of drug-likeness (QED) is 0.318. The van der Waals surface area contributed by atoms with Crippen LogP contribution in [0.4, 0.5) is 0 Å². The minimum absolute atomic E-state index is 0.0938. The summed E-state index contributed by atoms with van der Waals surface area (Å²) >= 11 is 0. The summed E-state index contributed by atoms with van der Waals surface area (Å²) < 4.78 is 0. The summed E-state index contributed by atoms with van der Waals surface area (Å²) in [5, 5.41) is 6.44. The maximum atomic E-state index is 12.2. The number of carbonyl (C=O) groups excluding carboxylic acids is 2. The molecule has 44 heavy (non-hydrogen) atoms. The van der Waals surface area contributed by atoms with E-state index in [1.54, 1.807) is 0 Å². The standard InChI is InChI=1S/2C20H29NO/c2*22-20(18-9-5-2-6-10-18)21-19-13-11-17(12-14-19)15-16-7-3-1-4-8-16/h2*2,5-6,9-10,16-17,19H,1,3-4,7-8,11-15H2,(H,21,22). The average Bonchev–Trinajstić information content (AvgIpc) is 3.08. The molecule has 0 aromatic heterocycles. The summed E-state index contributed by atoms with van der Waals surface area (Å²) in [7, 11) is 0. The Kier molecular flexibility index (Phi) is 13.2. The van der Waals surface area contributed by atoms with Crippen LogP contribution >= 0.6 is 0 Å². The highest BCUT2D eigenvalue weighted by atomic mass is 16.2. The molecule has 4 aliphatic rings. The molecule has 4 heteroatoms. The van der Waals surface area contributed by atoms with E-state index in [0.29, 0.717) is 12.1 Å². The van der Waals surface area contributed by atoms with Gasteiger partial charge < -0.3 is 10.6 Å². The van der Waals surface area contributed by atoms with Crippen LogP contribution < -0.4 is 10.6 Å². The van der Waals surface area contributed by atoms with Crippen LogP contribution in [0.25, 0.3) is 0 Å². The fourth-order valence-electron chi connectivity index (χ4n) is 8.59. The maximum absolute atomic E-state index is 12.2. The lowest BCUT2D eigenvalue weighted by Gasteiger charge is -2.32. The van der Waals surface area contributed by atoms with Crippen LogP contribution in [-0.4, -0.2) is 23.9 Å². The highest BCUT2D eigenvalue weighted by molar-refractivity contribution is 5.94. The molecule has 4 aliphatic carbocycles. The van der Waals surface area contributed by atoms with Gasteiger partial charge in [-0.15, -0.1) is 0 Å². The monoisotopic (exact) mass is 598 g/mol. The first-order valence-electron chi connectivity index (χ1n) is 18.3. The predicted octanol–water partition coefficient (Wildman–Crippen LogP) is 9.89. The number of benzene rings is 2. The third-order valence-corrected chi connectivity index (χ3v) is 11.2. The van der Waals surface area contributed by atoms with Crippen LogP contribution in [0.3, 0.4) is 0 Å². The smallest absolute Gasteiger partial charge is 0.251 e. The van der Waals surface area contributed by atoms with E-state index in [9.17, 15) is 9.59 Å². The first-order chi connectivity index (χ1) is 21.6. The van der Waals surface area contributed by atoms with E-state index in [0.717, 1.165) is 60.5 Å². The molecule has 0 heterocycles. The second kappa shape index (κ2) is 17.8. The van der Waals surface area contributed by atoms with Gasteiger partial charge in [0.1, 0.15) is 0 Å². The Morgan fingerprint density at radius 2 is 0.750 bits per heavy atom. The van der Waals surface area contributed by atoms with Crippen LogP contribution in [0, 0.1) is 23.7 Å². The van der Waals surface area contributed by atoms with Crippen molar-refractivity contribution in [2.45, 2.75) is 141 Å². The van der Waals surface area contributed by atoms with Gasteiger partial charge in [-0.3, -0.25) is 9.59 Å². The zero-order valence-corrected chi connectivity index (χ0v) is 27.2. The van der Waals surface area contributed by atoms with Gasteiger partial charge in [-0.2, -0.15) is 0 Å². The van der Waals surface area contributed by atoms with Gasteiger partial charge in [0.2, 0.25) is 0 Å². The number of nitrogens with one attached hydrogen (secondary N) is 2. The highest BCUT2D eigenvalue weighted by Gasteiger charge is 2.27. The van der Waals surface area contributed by atoms with E-state index >= 15 is 0 Å². The van der Waals surface area contributed by atoms with Crippen molar-refractivity contribution in [2.75, 3.05) is 0 Å². The number of amides is 2. The van der Waals surface area contributed by atoms with E-state index < -0.39 is 0 Å². The Labute approximate surface area is 267 Å². The van der Waals surface area contributed by atoms with Gasteiger partial charge in [0, 0.05) is 23.2 Å². The lowest BCUT2D eigenvalue weighted by molar-refractivity contribution is 0.0910. The van der Waals surface area contributed by atoms with Crippen LogP contribution in [0.15, 0.2) is 60.7 Å². The molecule has 2 amide bonds. The first kappa shape index (κ1) is 32.8. The molecule has 0 saturated heterocycles. The van der Waals surface area contributed by atoms with Crippen molar-refractivity contribution in [3.8, 4) is 0 Å². The van der Waals surface area contributed by atoms with E-state index in [1.165, 1.54) is 103 Å². The Balaban J connectivity index is 0.000000175. The lowest BCUT2D eigenvalue weighted by Crippen LogP contribution is -2.37. The van der Waals surface area contributed by atoms with Crippen LogP contribution in [-0.2, 0) is 0 Å². The van der Waals surface area contributed by atoms with Gasteiger partial charge in [-0.1, -0.05) is 101 Å². The molecule has 2 aromatic carbocycles. The molecule has 2 N–H and O–H groups in total. The predicted molar refractivity (Wildman–Crippen MR) is 182 cm³/mol. The van der Waals surface area contributed by atoms with Crippen molar-refractivity contribution in [1.29, 1.82) is 0 Å². The SMILES string of the molecule is O=C(NC1CCC(CC2CCCCC2)CC1)c1ccccc1.O=C(NC1CCC(CC2CCCCC2)CC1)c1ccccc1. The van der Waals surface area contributed by atoms with Crippen molar-refractivity contribution < 1.29 is 9.59 Å². The van der Waals surface area contributed by atoms with Crippen molar-refractivity contribution in [3.63, 3.8) is 0 Å². The van der Waals surface area contributed by atoms with Crippen LogP contribution in [0.2, 0.25) is 0 Å². The van der Waals surface area contributed by atoms with Gasteiger partial charge >= 0.3 is 0 Å². The molecule has 6 rings (SSSR count). The fourth-order valence-corrected chi connectivity index (χ4v) is 8.59. The lowest BCUT2D eigenvalue weighted by atomic mass is 9.76. The van der Waals surface area contributed by atoms with E-state index in [1.807, 2.05) is 60.7 Å².